The van der Waals surface area contributed by atoms with Gasteiger partial charge in [0, 0.05) is 17.9 Å². The number of amides is 1. The van der Waals surface area contributed by atoms with E-state index < -0.39 is 0 Å². The molecule has 0 spiro atoms. The molecule has 1 saturated carbocycles. The van der Waals surface area contributed by atoms with Crippen molar-refractivity contribution in [2.24, 2.45) is 0 Å². The number of alkyl halides is 1. The summed E-state index contributed by atoms with van der Waals surface area (Å²) in [4.78, 5) is 14.4. The van der Waals surface area contributed by atoms with Crippen LogP contribution >= 0.6 is 15.9 Å². The second kappa shape index (κ2) is 5.25. The first-order chi connectivity index (χ1) is 8.13. The molecule has 1 amide bonds. The lowest BCUT2D eigenvalue weighted by molar-refractivity contribution is 0.0598. The number of carbonyl (C=O) groups is 1. The number of hydrogen-bond acceptors (Lipinski definition) is 2. The van der Waals surface area contributed by atoms with Gasteiger partial charge in [-0.25, -0.2) is 0 Å². The van der Waals surface area contributed by atoms with Gasteiger partial charge in [-0.3, -0.25) is 4.79 Å². The van der Waals surface area contributed by atoms with E-state index in [1.165, 1.54) is 6.42 Å². The molecule has 2 rings (SSSR count). The molecule has 4 heteroatoms. The fraction of sp³-hybridized carbons (Fsp3) is 0.615. The molecule has 1 fully saturated rings. The average Bonchev–Trinajstić information content (AvgIpc) is 2.53. The van der Waals surface area contributed by atoms with Crippen molar-refractivity contribution in [3.8, 4) is 0 Å². The van der Waals surface area contributed by atoms with Gasteiger partial charge < -0.3 is 9.32 Å². The van der Waals surface area contributed by atoms with Crippen LogP contribution in [0.25, 0.3) is 0 Å². The Hall–Kier alpha value is -0.770. The summed E-state index contributed by atoms with van der Waals surface area (Å²) in [5.41, 5.74) is 0.718. The summed E-state index contributed by atoms with van der Waals surface area (Å²) in [6.07, 6.45) is 3.50. The van der Waals surface area contributed by atoms with Gasteiger partial charge in [0.25, 0.3) is 5.91 Å². The number of furan rings is 1. The number of rotatable bonds is 4. The molecule has 1 aliphatic rings. The van der Waals surface area contributed by atoms with Crippen LogP contribution < -0.4 is 0 Å². The molecule has 0 aromatic carbocycles. The van der Waals surface area contributed by atoms with Crippen molar-refractivity contribution in [1.82, 2.24) is 4.90 Å². The van der Waals surface area contributed by atoms with Crippen LogP contribution in [-0.4, -0.2) is 28.7 Å². The fourth-order valence-corrected chi connectivity index (χ4v) is 2.62. The van der Waals surface area contributed by atoms with Crippen LogP contribution in [0.15, 0.2) is 10.5 Å². The molecular formula is C13H18BrNO2. The predicted molar refractivity (Wildman–Crippen MR) is 70.7 cm³/mol. The molecular weight excluding hydrogens is 282 g/mol. The summed E-state index contributed by atoms with van der Waals surface area (Å²) >= 11 is 3.42. The maximum atomic E-state index is 12.4. The largest absolute Gasteiger partial charge is 0.466 e. The van der Waals surface area contributed by atoms with Crippen molar-refractivity contribution < 1.29 is 9.21 Å². The Morgan fingerprint density at radius 1 is 1.53 bits per heavy atom. The minimum atomic E-state index is 0.114. The highest BCUT2D eigenvalue weighted by atomic mass is 79.9. The SMILES string of the molecule is Cc1cc(C(=O)N(CCBr)C2CCC2)c(C)o1. The molecule has 1 aliphatic carbocycles. The van der Waals surface area contributed by atoms with E-state index in [0.29, 0.717) is 6.04 Å². The number of carbonyl (C=O) groups excluding carboxylic acids is 1. The van der Waals surface area contributed by atoms with Gasteiger partial charge in [-0.1, -0.05) is 15.9 Å². The van der Waals surface area contributed by atoms with Crippen molar-refractivity contribution in [3.63, 3.8) is 0 Å². The maximum absolute atomic E-state index is 12.4. The van der Waals surface area contributed by atoms with Crippen molar-refractivity contribution in [2.45, 2.75) is 39.2 Å². The molecule has 0 N–H and O–H groups in total. The Balaban J connectivity index is 2.17. The van der Waals surface area contributed by atoms with Crippen molar-refractivity contribution in [2.75, 3.05) is 11.9 Å². The summed E-state index contributed by atoms with van der Waals surface area (Å²) in [6, 6.07) is 2.27. The maximum Gasteiger partial charge on any atom is 0.257 e. The zero-order valence-corrected chi connectivity index (χ0v) is 11.9. The molecule has 1 aromatic heterocycles. The molecule has 17 heavy (non-hydrogen) atoms. The second-order valence-corrected chi connectivity index (χ2v) is 5.39. The standard InChI is InChI=1S/C13H18BrNO2/c1-9-8-12(10(2)17-9)13(16)15(7-6-14)11-4-3-5-11/h8,11H,3-7H2,1-2H3. The second-order valence-electron chi connectivity index (χ2n) is 4.60. The van der Waals surface area contributed by atoms with E-state index in [0.717, 1.165) is 41.8 Å². The van der Waals surface area contributed by atoms with Crippen LogP contribution in [-0.2, 0) is 0 Å². The molecule has 0 radical (unpaired) electrons. The molecule has 0 saturated heterocycles. The van der Waals surface area contributed by atoms with E-state index in [-0.39, 0.29) is 5.91 Å². The van der Waals surface area contributed by atoms with Crippen molar-refractivity contribution in [3.05, 3.63) is 23.2 Å². The van der Waals surface area contributed by atoms with E-state index >= 15 is 0 Å². The third-order valence-corrected chi connectivity index (χ3v) is 3.73. The van der Waals surface area contributed by atoms with Crippen LogP contribution in [0.4, 0.5) is 0 Å². The minimum Gasteiger partial charge on any atom is -0.466 e. The van der Waals surface area contributed by atoms with Crippen LogP contribution in [0.1, 0.15) is 41.1 Å². The number of halogens is 1. The quantitative estimate of drug-likeness (QED) is 0.800. The zero-order valence-electron chi connectivity index (χ0n) is 10.3. The molecule has 0 bridgehead atoms. The summed E-state index contributed by atoms with van der Waals surface area (Å²) in [7, 11) is 0. The molecule has 1 heterocycles. The van der Waals surface area contributed by atoms with Crippen molar-refractivity contribution in [1.29, 1.82) is 0 Å². The number of aryl methyl sites for hydroxylation is 2. The highest BCUT2D eigenvalue weighted by Gasteiger charge is 2.30. The fourth-order valence-electron chi connectivity index (χ4n) is 2.24. The lowest BCUT2D eigenvalue weighted by atomic mass is 9.91. The highest BCUT2D eigenvalue weighted by molar-refractivity contribution is 9.09. The summed E-state index contributed by atoms with van der Waals surface area (Å²) < 4.78 is 5.44. The van der Waals surface area contributed by atoms with Gasteiger partial charge in [0.2, 0.25) is 0 Å². The van der Waals surface area contributed by atoms with Gasteiger partial charge in [0.1, 0.15) is 11.5 Å². The van der Waals surface area contributed by atoms with Crippen LogP contribution in [0.3, 0.4) is 0 Å². The molecule has 3 nitrogen and oxygen atoms in total. The van der Waals surface area contributed by atoms with Crippen LogP contribution in [0, 0.1) is 13.8 Å². The topological polar surface area (TPSA) is 33.5 Å². The number of hydrogen-bond donors (Lipinski definition) is 0. The third-order valence-electron chi connectivity index (χ3n) is 3.37. The Kier molecular flexibility index (Phi) is 3.92. The summed E-state index contributed by atoms with van der Waals surface area (Å²) in [5.74, 6) is 1.65. The molecule has 94 valence electrons. The van der Waals surface area contributed by atoms with Gasteiger partial charge in [0.15, 0.2) is 0 Å². The first-order valence-corrected chi connectivity index (χ1v) is 7.19. The van der Waals surface area contributed by atoms with Gasteiger partial charge in [-0.2, -0.15) is 0 Å². The normalized spacial score (nSPS) is 15.7. The summed E-state index contributed by atoms with van der Waals surface area (Å²) in [6.45, 7) is 4.50. The van der Waals surface area contributed by atoms with Gasteiger partial charge in [-0.15, -0.1) is 0 Å². The smallest absolute Gasteiger partial charge is 0.257 e. The first-order valence-electron chi connectivity index (χ1n) is 6.07. The Morgan fingerprint density at radius 2 is 2.24 bits per heavy atom. The van der Waals surface area contributed by atoms with Gasteiger partial charge >= 0.3 is 0 Å². The van der Waals surface area contributed by atoms with E-state index in [2.05, 4.69) is 15.9 Å². The number of nitrogens with zero attached hydrogens (tertiary/aromatic N) is 1. The van der Waals surface area contributed by atoms with Crippen molar-refractivity contribution >= 4 is 21.8 Å². The Labute approximate surface area is 110 Å². The monoisotopic (exact) mass is 299 g/mol. The van der Waals surface area contributed by atoms with E-state index in [9.17, 15) is 4.79 Å². The van der Waals surface area contributed by atoms with E-state index in [4.69, 9.17) is 4.42 Å². The van der Waals surface area contributed by atoms with E-state index in [1.807, 2.05) is 24.8 Å². The third kappa shape index (κ3) is 2.57. The highest BCUT2D eigenvalue weighted by Crippen LogP contribution is 2.27. The molecule has 0 unspecified atom stereocenters. The minimum absolute atomic E-state index is 0.114. The lowest BCUT2D eigenvalue weighted by Crippen LogP contribution is -2.45. The lowest BCUT2D eigenvalue weighted by Gasteiger charge is -2.37. The molecule has 1 aromatic rings. The predicted octanol–water partition coefficient (Wildman–Crippen LogP) is 3.29. The molecule has 0 atom stereocenters. The Morgan fingerprint density at radius 3 is 2.65 bits per heavy atom. The Bertz CT molecular complexity index is 410. The first kappa shape index (κ1) is 12.7. The molecule has 0 aliphatic heterocycles. The van der Waals surface area contributed by atoms with Gasteiger partial charge in [-0.05, 0) is 39.2 Å². The van der Waals surface area contributed by atoms with E-state index in [1.54, 1.807) is 0 Å². The van der Waals surface area contributed by atoms with Crippen LogP contribution in [0.5, 0.6) is 0 Å². The van der Waals surface area contributed by atoms with Crippen LogP contribution in [0.2, 0.25) is 0 Å². The van der Waals surface area contributed by atoms with Gasteiger partial charge in [0.05, 0.1) is 5.56 Å². The summed E-state index contributed by atoms with van der Waals surface area (Å²) in [5, 5.41) is 0.825. The zero-order chi connectivity index (χ0) is 12.4. The average molecular weight is 300 g/mol.